The van der Waals surface area contributed by atoms with E-state index in [9.17, 15) is 14.4 Å². The Morgan fingerprint density at radius 3 is 2.30 bits per heavy atom. The smallest absolute Gasteiger partial charge is 0.320 e. The maximum atomic E-state index is 12.5. The molecular weight excluding hydrogens is 262 g/mol. The lowest BCUT2D eigenvalue weighted by Gasteiger charge is -2.31. The summed E-state index contributed by atoms with van der Waals surface area (Å²) in [4.78, 5) is 37.2. The summed E-state index contributed by atoms with van der Waals surface area (Å²) in [5.74, 6) is -1.29. The zero-order valence-corrected chi connectivity index (χ0v) is 12.0. The van der Waals surface area contributed by atoms with Gasteiger partial charge in [-0.25, -0.2) is 4.79 Å². The van der Waals surface area contributed by atoms with E-state index < -0.39 is 11.9 Å². The van der Waals surface area contributed by atoms with Gasteiger partial charge in [-0.2, -0.15) is 0 Å². The molecule has 0 bridgehead atoms. The number of carboxylic acid groups (broad SMARTS) is 1. The molecule has 0 aliphatic heterocycles. The number of nitrogens with zero attached hydrogens (tertiary/aromatic N) is 2. The van der Waals surface area contributed by atoms with Crippen LogP contribution < -0.4 is 5.73 Å². The Morgan fingerprint density at radius 2 is 1.90 bits per heavy atom. The van der Waals surface area contributed by atoms with Crippen LogP contribution >= 0.6 is 0 Å². The summed E-state index contributed by atoms with van der Waals surface area (Å²) in [5.41, 5.74) is 5.18. The van der Waals surface area contributed by atoms with E-state index in [2.05, 4.69) is 0 Å². The van der Waals surface area contributed by atoms with E-state index in [4.69, 9.17) is 10.8 Å². The Hall–Kier alpha value is -1.79. The first-order chi connectivity index (χ1) is 9.31. The average molecular weight is 285 g/mol. The Morgan fingerprint density at radius 1 is 1.30 bits per heavy atom. The first-order valence-corrected chi connectivity index (χ1v) is 6.87. The fourth-order valence-corrected chi connectivity index (χ4v) is 2.06. The van der Waals surface area contributed by atoms with Crippen LogP contribution in [-0.2, 0) is 9.59 Å². The molecule has 20 heavy (non-hydrogen) atoms. The van der Waals surface area contributed by atoms with Crippen molar-refractivity contribution in [2.24, 2.45) is 11.7 Å². The van der Waals surface area contributed by atoms with Gasteiger partial charge in [0.2, 0.25) is 5.91 Å². The number of hydrogen-bond donors (Lipinski definition) is 2. The molecule has 1 aliphatic rings. The molecule has 3 amide bonds. The van der Waals surface area contributed by atoms with Gasteiger partial charge in [-0.05, 0) is 18.8 Å². The maximum absolute atomic E-state index is 12.5. The number of carbonyl (C=O) groups is 3. The van der Waals surface area contributed by atoms with Gasteiger partial charge in [0.25, 0.3) is 0 Å². The van der Waals surface area contributed by atoms with Gasteiger partial charge in [0.05, 0.1) is 6.42 Å². The maximum Gasteiger partial charge on any atom is 0.320 e. The first-order valence-electron chi connectivity index (χ1n) is 6.87. The van der Waals surface area contributed by atoms with Crippen LogP contribution in [0.5, 0.6) is 0 Å². The van der Waals surface area contributed by atoms with Gasteiger partial charge in [-0.3, -0.25) is 9.59 Å². The van der Waals surface area contributed by atoms with Gasteiger partial charge < -0.3 is 20.6 Å². The van der Waals surface area contributed by atoms with Crippen molar-refractivity contribution in [1.82, 2.24) is 9.80 Å². The van der Waals surface area contributed by atoms with Crippen molar-refractivity contribution < 1.29 is 19.5 Å². The molecule has 3 N–H and O–H groups in total. The van der Waals surface area contributed by atoms with Crippen molar-refractivity contribution >= 4 is 17.9 Å². The fourth-order valence-electron chi connectivity index (χ4n) is 2.06. The number of carboxylic acids is 1. The predicted molar refractivity (Wildman–Crippen MR) is 73.0 cm³/mol. The standard InChI is InChI=1S/C13H23N3O4/c1-9(2)7-15(8-11(14)17)13(20)16(10-3-4-10)6-5-12(18)19/h9-10H,3-8H2,1-2H3,(H2,14,17)(H,18,19). The summed E-state index contributed by atoms with van der Waals surface area (Å²) in [6.45, 7) is 4.36. The number of carbonyl (C=O) groups excluding carboxylic acids is 2. The van der Waals surface area contributed by atoms with E-state index in [0.29, 0.717) is 6.54 Å². The molecule has 0 radical (unpaired) electrons. The second kappa shape index (κ2) is 7.12. The number of urea groups is 1. The van der Waals surface area contributed by atoms with E-state index in [0.717, 1.165) is 12.8 Å². The molecule has 0 heterocycles. The third kappa shape index (κ3) is 5.46. The molecule has 0 aromatic carbocycles. The predicted octanol–water partition coefficient (Wildman–Crippen LogP) is 0.489. The van der Waals surface area contributed by atoms with Crippen molar-refractivity contribution in [3.8, 4) is 0 Å². The molecule has 1 fully saturated rings. The average Bonchev–Trinajstić information content (AvgIpc) is 3.10. The number of nitrogens with two attached hydrogens (primary N) is 1. The van der Waals surface area contributed by atoms with Crippen LogP contribution in [0.3, 0.4) is 0 Å². The minimum Gasteiger partial charge on any atom is -0.481 e. The van der Waals surface area contributed by atoms with Crippen LogP contribution in [0, 0.1) is 5.92 Å². The number of aliphatic carboxylic acids is 1. The number of amides is 3. The molecule has 1 rings (SSSR count). The van der Waals surface area contributed by atoms with Crippen LogP contribution in [-0.4, -0.2) is 58.5 Å². The van der Waals surface area contributed by atoms with E-state index >= 15 is 0 Å². The summed E-state index contributed by atoms with van der Waals surface area (Å²) in [6, 6.07) is -0.189. The van der Waals surface area contributed by atoms with Gasteiger partial charge in [-0.1, -0.05) is 13.8 Å². The van der Waals surface area contributed by atoms with Crippen molar-refractivity contribution in [1.29, 1.82) is 0 Å². The number of rotatable bonds is 8. The lowest BCUT2D eigenvalue weighted by molar-refractivity contribution is -0.137. The molecule has 0 atom stereocenters. The van der Waals surface area contributed by atoms with E-state index in [1.165, 1.54) is 4.90 Å². The first kappa shape index (κ1) is 16.3. The minimum atomic E-state index is -0.936. The Labute approximate surface area is 118 Å². The lowest BCUT2D eigenvalue weighted by Crippen LogP contribution is -2.49. The second-order valence-corrected chi connectivity index (χ2v) is 5.59. The monoisotopic (exact) mass is 285 g/mol. The third-order valence-electron chi connectivity index (χ3n) is 3.00. The summed E-state index contributed by atoms with van der Waals surface area (Å²) in [6.07, 6.45) is 1.68. The van der Waals surface area contributed by atoms with Gasteiger partial charge >= 0.3 is 12.0 Å². The Balaban J connectivity index is 2.71. The van der Waals surface area contributed by atoms with Crippen molar-refractivity contribution in [2.75, 3.05) is 19.6 Å². The number of hydrogen-bond acceptors (Lipinski definition) is 3. The highest BCUT2D eigenvalue weighted by atomic mass is 16.4. The van der Waals surface area contributed by atoms with Crippen molar-refractivity contribution in [2.45, 2.75) is 39.2 Å². The second-order valence-electron chi connectivity index (χ2n) is 5.59. The summed E-state index contributed by atoms with van der Waals surface area (Å²) in [5, 5.41) is 8.75. The van der Waals surface area contributed by atoms with Gasteiger partial charge in [-0.15, -0.1) is 0 Å². The highest BCUT2D eigenvalue weighted by Gasteiger charge is 2.35. The molecule has 0 spiro atoms. The topological polar surface area (TPSA) is 104 Å². The fraction of sp³-hybridized carbons (Fsp3) is 0.769. The van der Waals surface area contributed by atoms with E-state index in [-0.39, 0.29) is 37.5 Å². The molecule has 0 aromatic heterocycles. The van der Waals surface area contributed by atoms with Crippen LogP contribution in [0.15, 0.2) is 0 Å². The van der Waals surface area contributed by atoms with Crippen molar-refractivity contribution in [3.05, 3.63) is 0 Å². The molecule has 7 nitrogen and oxygen atoms in total. The SMILES string of the molecule is CC(C)CN(CC(N)=O)C(=O)N(CCC(=O)O)C1CC1. The highest BCUT2D eigenvalue weighted by Crippen LogP contribution is 2.28. The minimum absolute atomic E-state index is 0.0890. The third-order valence-corrected chi connectivity index (χ3v) is 3.00. The van der Waals surface area contributed by atoms with Crippen LogP contribution in [0.25, 0.3) is 0 Å². The summed E-state index contributed by atoms with van der Waals surface area (Å²) >= 11 is 0. The number of primary amides is 1. The van der Waals surface area contributed by atoms with Crippen LogP contribution in [0.2, 0.25) is 0 Å². The summed E-state index contributed by atoms with van der Waals surface area (Å²) in [7, 11) is 0. The van der Waals surface area contributed by atoms with Gasteiger partial charge in [0, 0.05) is 19.1 Å². The Kier molecular flexibility index (Phi) is 5.79. The highest BCUT2D eigenvalue weighted by molar-refractivity contribution is 5.83. The quantitative estimate of drug-likeness (QED) is 0.677. The summed E-state index contributed by atoms with van der Waals surface area (Å²) < 4.78 is 0. The zero-order valence-electron chi connectivity index (χ0n) is 12.0. The molecule has 114 valence electrons. The van der Waals surface area contributed by atoms with Gasteiger partial charge in [0.15, 0.2) is 0 Å². The molecule has 0 saturated heterocycles. The molecule has 0 unspecified atom stereocenters. The molecule has 7 heteroatoms. The van der Waals surface area contributed by atoms with Crippen LogP contribution in [0.1, 0.15) is 33.1 Å². The van der Waals surface area contributed by atoms with Crippen LogP contribution in [0.4, 0.5) is 4.79 Å². The normalized spacial score (nSPS) is 14.2. The van der Waals surface area contributed by atoms with Crippen molar-refractivity contribution in [3.63, 3.8) is 0 Å². The molecular formula is C13H23N3O4. The van der Waals surface area contributed by atoms with E-state index in [1.807, 2.05) is 13.8 Å². The van der Waals surface area contributed by atoms with Gasteiger partial charge in [0.1, 0.15) is 6.54 Å². The van der Waals surface area contributed by atoms with E-state index in [1.54, 1.807) is 4.90 Å². The molecule has 1 aliphatic carbocycles. The Bertz CT molecular complexity index is 380. The zero-order chi connectivity index (χ0) is 15.3. The largest absolute Gasteiger partial charge is 0.481 e. The lowest BCUT2D eigenvalue weighted by atomic mass is 10.2. The molecule has 0 aromatic rings. The molecule has 1 saturated carbocycles.